The fourth-order valence-electron chi connectivity index (χ4n) is 2.91. The quantitative estimate of drug-likeness (QED) is 0.844. The summed E-state index contributed by atoms with van der Waals surface area (Å²) in [5.74, 6) is 0.484. The number of hydrogen-bond donors (Lipinski definition) is 0. The molecule has 1 aliphatic rings. The zero-order valence-electron chi connectivity index (χ0n) is 12.4. The fourth-order valence-corrected chi connectivity index (χ4v) is 2.91. The molecule has 0 aliphatic carbocycles. The highest BCUT2D eigenvalue weighted by Crippen LogP contribution is 2.22. The van der Waals surface area contributed by atoms with Crippen LogP contribution in [0.2, 0.25) is 0 Å². The highest BCUT2D eigenvalue weighted by Gasteiger charge is 2.16. The number of benzene rings is 1. The van der Waals surface area contributed by atoms with Gasteiger partial charge >= 0.3 is 5.97 Å². The highest BCUT2D eigenvalue weighted by molar-refractivity contribution is 5.65. The van der Waals surface area contributed by atoms with Crippen LogP contribution in [0, 0.1) is 5.92 Å². The summed E-state index contributed by atoms with van der Waals surface area (Å²) in [6, 6.07) is 10.7. The van der Waals surface area contributed by atoms with Gasteiger partial charge in [0, 0.05) is 20.0 Å². The Balaban J connectivity index is 1.90. The maximum atomic E-state index is 11.1. The van der Waals surface area contributed by atoms with E-state index in [4.69, 9.17) is 4.84 Å². The Hall–Kier alpha value is -1.35. The van der Waals surface area contributed by atoms with Gasteiger partial charge in [0.1, 0.15) is 0 Å². The maximum absolute atomic E-state index is 11.1. The molecule has 1 aromatic carbocycles. The lowest BCUT2D eigenvalue weighted by molar-refractivity contribution is -0.188. The molecule has 1 heterocycles. The monoisotopic (exact) mass is 275 g/mol. The standard InChI is InChI=1S/C17H25NO2/c1-15(19)20-18-12-7-3-6-10-17(11-13-18)14-16-8-4-2-5-9-16/h2,4-5,8-9,17H,3,6-7,10-14H2,1H3. The first-order valence-electron chi connectivity index (χ1n) is 7.71. The topological polar surface area (TPSA) is 29.5 Å². The molecule has 0 bridgehead atoms. The minimum absolute atomic E-state index is 0.205. The predicted molar refractivity (Wildman–Crippen MR) is 80.1 cm³/mol. The number of hydrogen-bond acceptors (Lipinski definition) is 3. The third kappa shape index (κ3) is 5.33. The van der Waals surface area contributed by atoms with Crippen molar-refractivity contribution >= 4 is 5.97 Å². The van der Waals surface area contributed by atoms with Crippen LogP contribution in [0.15, 0.2) is 30.3 Å². The summed E-state index contributed by atoms with van der Waals surface area (Å²) >= 11 is 0. The van der Waals surface area contributed by atoms with E-state index in [0.29, 0.717) is 5.92 Å². The lowest BCUT2D eigenvalue weighted by Crippen LogP contribution is -2.29. The third-order valence-corrected chi connectivity index (χ3v) is 3.93. The van der Waals surface area contributed by atoms with E-state index >= 15 is 0 Å². The molecule has 1 unspecified atom stereocenters. The molecule has 3 nitrogen and oxygen atoms in total. The Morgan fingerprint density at radius 1 is 1.15 bits per heavy atom. The Morgan fingerprint density at radius 3 is 2.70 bits per heavy atom. The van der Waals surface area contributed by atoms with Gasteiger partial charge in [-0.15, -0.1) is 5.06 Å². The van der Waals surface area contributed by atoms with Crippen molar-refractivity contribution in [3.8, 4) is 0 Å². The van der Waals surface area contributed by atoms with Gasteiger partial charge in [-0.25, -0.2) is 0 Å². The number of rotatable bonds is 3. The van der Waals surface area contributed by atoms with Gasteiger partial charge in [0.25, 0.3) is 0 Å². The summed E-state index contributed by atoms with van der Waals surface area (Å²) in [7, 11) is 0. The summed E-state index contributed by atoms with van der Waals surface area (Å²) < 4.78 is 0. The van der Waals surface area contributed by atoms with Crippen molar-refractivity contribution in [2.24, 2.45) is 5.92 Å². The molecule has 0 aromatic heterocycles. The summed E-state index contributed by atoms with van der Waals surface area (Å²) in [4.78, 5) is 16.4. The molecule has 0 saturated carbocycles. The van der Waals surface area contributed by atoms with Crippen molar-refractivity contribution < 1.29 is 9.63 Å². The van der Waals surface area contributed by atoms with E-state index in [1.165, 1.54) is 31.7 Å². The molecule has 1 saturated heterocycles. The Bertz CT molecular complexity index is 405. The van der Waals surface area contributed by atoms with Crippen LogP contribution in [-0.4, -0.2) is 24.1 Å². The van der Waals surface area contributed by atoms with Crippen molar-refractivity contribution in [1.82, 2.24) is 5.06 Å². The van der Waals surface area contributed by atoms with Crippen molar-refractivity contribution in [3.05, 3.63) is 35.9 Å². The number of carbonyl (C=O) groups is 1. The minimum atomic E-state index is -0.205. The lowest BCUT2D eigenvalue weighted by atomic mass is 9.91. The van der Waals surface area contributed by atoms with E-state index < -0.39 is 0 Å². The van der Waals surface area contributed by atoms with Crippen LogP contribution >= 0.6 is 0 Å². The third-order valence-electron chi connectivity index (χ3n) is 3.93. The minimum Gasteiger partial charge on any atom is -0.368 e. The average molecular weight is 275 g/mol. The van der Waals surface area contributed by atoms with Crippen LogP contribution < -0.4 is 0 Å². The van der Waals surface area contributed by atoms with Gasteiger partial charge in [-0.2, -0.15) is 0 Å². The van der Waals surface area contributed by atoms with Crippen LogP contribution in [0.1, 0.15) is 44.6 Å². The van der Waals surface area contributed by atoms with E-state index in [1.54, 1.807) is 0 Å². The first-order chi connectivity index (χ1) is 9.74. The second kappa shape index (κ2) is 8.05. The van der Waals surface area contributed by atoms with Gasteiger partial charge in [-0.05, 0) is 30.7 Å². The van der Waals surface area contributed by atoms with Crippen LogP contribution in [-0.2, 0) is 16.1 Å². The van der Waals surface area contributed by atoms with Gasteiger partial charge in [-0.1, -0.05) is 49.6 Å². The average Bonchev–Trinajstić information content (AvgIpc) is 2.53. The summed E-state index contributed by atoms with van der Waals surface area (Å²) in [5, 5.41) is 1.85. The van der Waals surface area contributed by atoms with Crippen LogP contribution in [0.3, 0.4) is 0 Å². The van der Waals surface area contributed by atoms with Crippen molar-refractivity contribution in [3.63, 3.8) is 0 Å². The van der Waals surface area contributed by atoms with Crippen LogP contribution in [0.5, 0.6) is 0 Å². The van der Waals surface area contributed by atoms with E-state index in [-0.39, 0.29) is 5.97 Å². The zero-order chi connectivity index (χ0) is 14.2. The SMILES string of the molecule is CC(=O)ON1CCCCCC(Cc2ccccc2)CC1. The Labute approximate surface area is 121 Å². The van der Waals surface area contributed by atoms with Crippen LogP contribution in [0.4, 0.5) is 0 Å². The number of carbonyl (C=O) groups excluding carboxylic acids is 1. The molecule has 3 heteroatoms. The molecule has 0 radical (unpaired) electrons. The molecule has 20 heavy (non-hydrogen) atoms. The highest BCUT2D eigenvalue weighted by atomic mass is 16.7. The Morgan fingerprint density at radius 2 is 1.95 bits per heavy atom. The number of hydroxylamine groups is 2. The molecule has 2 rings (SSSR count). The van der Waals surface area contributed by atoms with Gasteiger partial charge in [0.2, 0.25) is 0 Å². The normalized spacial score (nSPS) is 21.6. The van der Waals surface area contributed by atoms with E-state index in [9.17, 15) is 4.79 Å². The van der Waals surface area contributed by atoms with Gasteiger partial charge in [-0.3, -0.25) is 4.79 Å². The zero-order valence-corrected chi connectivity index (χ0v) is 12.4. The first kappa shape index (κ1) is 15.0. The van der Waals surface area contributed by atoms with Gasteiger partial charge < -0.3 is 4.84 Å². The van der Waals surface area contributed by atoms with E-state index in [2.05, 4.69) is 30.3 Å². The van der Waals surface area contributed by atoms with Gasteiger partial charge in [0.05, 0.1) is 0 Å². The van der Waals surface area contributed by atoms with Crippen LogP contribution in [0.25, 0.3) is 0 Å². The number of nitrogens with zero attached hydrogens (tertiary/aromatic N) is 1. The molecule has 0 N–H and O–H groups in total. The molecule has 0 spiro atoms. The second-order valence-electron chi connectivity index (χ2n) is 5.71. The maximum Gasteiger partial charge on any atom is 0.322 e. The van der Waals surface area contributed by atoms with Crippen molar-refractivity contribution in [1.29, 1.82) is 0 Å². The Kier molecular flexibility index (Phi) is 6.06. The predicted octanol–water partition coefficient (Wildman–Crippen LogP) is 3.59. The molecular formula is C17H25NO2. The molecule has 0 amide bonds. The van der Waals surface area contributed by atoms with Crippen molar-refractivity contribution in [2.75, 3.05) is 13.1 Å². The fraction of sp³-hybridized carbons (Fsp3) is 0.588. The second-order valence-corrected chi connectivity index (χ2v) is 5.71. The molecule has 1 aromatic rings. The molecule has 1 fully saturated rings. The van der Waals surface area contributed by atoms with E-state index in [0.717, 1.165) is 32.4 Å². The lowest BCUT2D eigenvalue weighted by Gasteiger charge is -2.22. The molecule has 1 aliphatic heterocycles. The molecular weight excluding hydrogens is 250 g/mol. The van der Waals surface area contributed by atoms with E-state index in [1.807, 2.05) is 5.06 Å². The summed E-state index contributed by atoms with van der Waals surface area (Å²) in [6.07, 6.45) is 7.14. The molecule has 1 atom stereocenters. The molecule has 110 valence electrons. The smallest absolute Gasteiger partial charge is 0.322 e. The van der Waals surface area contributed by atoms with Crippen molar-refractivity contribution in [2.45, 2.75) is 45.4 Å². The first-order valence-corrected chi connectivity index (χ1v) is 7.71. The largest absolute Gasteiger partial charge is 0.368 e. The van der Waals surface area contributed by atoms with Gasteiger partial charge in [0.15, 0.2) is 0 Å². The summed E-state index contributed by atoms with van der Waals surface area (Å²) in [5.41, 5.74) is 1.41. The summed E-state index contributed by atoms with van der Waals surface area (Å²) in [6.45, 7) is 3.21.